The third-order valence-electron chi connectivity index (χ3n) is 4.89. The van der Waals surface area contributed by atoms with Crippen molar-refractivity contribution in [3.05, 3.63) is 53.6 Å². The van der Waals surface area contributed by atoms with Crippen LogP contribution in [0.25, 0.3) is 0 Å². The van der Waals surface area contributed by atoms with Gasteiger partial charge in [-0.25, -0.2) is 0 Å². The number of carbonyl (C=O) groups excluding carboxylic acids is 1. The average molecular weight is 368 g/mol. The van der Waals surface area contributed by atoms with Gasteiger partial charge >= 0.3 is 0 Å². The molecule has 0 bridgehead atoms. The van der Waals surface area contributed by atoms with Crippen molar-refractivity contribution in [2.24, 2.45) is 0 Å². The van der Waals surface area contributed by atoms with Crippen LogP contribution in [0.2, 0.25) is 0 Å². The standard InChI is InChI=1S/C21H24N2O4/c24-20(23-10-3-4-11-23)14-25-18-8-2-1-6-16(18)12-22-13-17-7-5-9-19-21(17)27-15-26-19/h1-2,5-9,22H,3-4,10-15H2. The lowest BCUT2D eigenvalue weighted by Gasteiger charge is -2.17. The van der Waals surface area contributed by atoms with Gasteiger partial charge in [0.2, 0.25) is 6.79 Å². The minimum absolute atomic E-state index is 0.0623. The van der Waals surface area contributed by atoms with Crippen LogP contribution in [-0.4, -0.2) is 37.3 Å². The van der Waals surface area contributed by atoms with E-state index in [1.807, 2.05) is 47.4 Å². The third-order valence-corrected chi connectivity index (χ3v) is 4.89. The molecule has 0 aliphatic carbocycles. The molecule has 6 nitrogen and oxygen atoms in total. The number of hydrogen-bond acceptors (Lipinski definition) is 5. The Hall–Kier alpha value is -2.73. The van der Waals surface area contributed by atoms with E-state index in [4.69, 9.17) is 14.2 Å². The molecule has 1 saturated heterocycles. The summed E-state index contributed by atoms with van der Waals surface area (Å²) in [5.41, 5.74) is 2.09. The van der Waals surface area contributed by atoms with Crippen LogP contribution >= 0.6 is 0 Å². The molecule has 2 aromatic rings. The van der Waals surface area contributed by atoms with Crippen molar-refractivity contribution in [1.82, 2.24) is 10.2 Å². The van der Waals surface area contributed by atoms with Crippen molar-refractivity contribution in [1.29, 1.82) is 0 Å². The summed E-state index contributed by atoms with van der Waals surface area (Å²) < 4.78 is 16.8. The van der Waals surface area contributed by atoms with Gasteiger partial charge in [0.05, 0.1) is 0 Å². The molecular weight excluding hydrogens is 344 g/mol. The molecule has 2 heterocycles. The number of ether oxygens (including phenoxy) is 3. The van der Waals surface area contributed by atoms with Crippen LogP contribution in [0.1, 0.15) is 24.0 Å². The molecule has 4 rings (SSSR count). The fourth-order valence-corrected chi connectivity index (χ4v) is 3.45. The molecule has 0 radical (unpaired) electrons. The second kappa shape index (κ2) is 8.31. The zero-order chi connectivity index (χ0) is 18.5. The van der Waals surface area contributed by atoms with Crippen molar-refractivity contribution in [3.63, 3.8) is 0 Å². The van der Waals surface area contributed by atoms with Crippen LogP contribution in [0, 0.1) is 0 Å². The van der Waals surface area contributed by atoms with Gasteiger partial charge in [-0.15, -0.1) is 0 Å². The Bertz CT molecular complexity index is 803. The van der Waals surface area contributed by atoms with E-state index in [0.29, 0.717) is 13.1 Å². The molecule has 0 spiro atoms. The Labute approximate surface area is 159 Å². The zero-order valence-corrected chi connectivity index (χ0v) is 15.3. The summed E-state index contributed by atoms with van der Waals surface area (Å²) in [7, 11) is 0. The molecule has 1 amide bonds. The van der Waals surface area contributed by atoms with Crippen LogP contribution in [0.3, 0.4) is 0 Å². The highest BCUT2D eigenvalue weighted by atomic mass is 16.7. The van der Waals surface area contributed by atoms with Crippen LogP contribution in [-0.2, 0) is 17.9 Å². The van der Waals surface area contributed by atoms with Crippen LogP contribution in [0.15, 0.2) is 42.5 Å². The van der Waals surface area contributed by atoms with Gasteiger partial charge in [-0.3, -0.25) is 4.79 Å². The number of rotatable bonds is 7. The predicted molar refractivity (Wildman–Crippen MR) is 101 cm³/mol. The highest BCUT2D eigenvalue weighted by Gasteiger charge is 2.19. The molecule has 0 aromatic heterocycles. The van der Waals surface area contributed by atoms with Gasteiger partial charge in [0.25, 0.3) is 5.91 Å². The summed E-state index contributed by atoms with van der Waals surface area (Å²) in [5, 5.41) is 3.42. The summed E-state index contributed by atoms with van der Waals surface area (Å²) >= 11 is 0. The Balaban J connectivity index is 1.33. The highest BCUT2D eigenvalue weighted by Crippen LogP contribution is 2.35. The van der Waals surface area contributed by atoms with Gasteiger partial charge in [-0.05, 0) is 25.0 Å². The molecule has 0 unspecified atom stereocenters. The first kappa shape index (κ1) is 17.7. The molecule has 0 saturated carbocycles. The summed E-state index contributed by atoms with van der Waals surface area (Å²) in [4.78, 5) is 14.1. The summed E-state index contributed by atoms with van der Waals surface area (Å²) in [5.74, 6) is 2.41. The lowest BCUT2D eigenvalue weighted by molar-refractivity contribution is -0.132. The van der Waals surface area contributed by atoms with Crippen molar-refractivity contribution in [3.8, 4) is 17.2 Å². The van der Waals surface area contributed by atoms with Gasteiger partial charge in [-0.2, -0.15) is 0 Å². The number of likely N-dealkylation sites (tertiary alicyclic amines) is 1. The molecule has 6 heteroatoms. The second-order valence-electron chi connectivity index (χ2n) is 6.74. The van der Waals surface area contributed by atoms with E-state index in [0.717, 1.165) is 54.3 Å². The molecule has 1 N–H and O–H groups in total. The maximum absolute atomic E-state index is 12.2. The first-order valence-corrected chi connectivity index (χ1v) is 9.38. The maximum atomic E-state index is 12.2. The fourth-order valence-electron chi connectivity index (χ4n) is 3.45. The van der Waals surface area contributed by atoms with Crippen LogP contribution in [0.5, 0.6) is 17.2 Å². The van der Waals surface area contributed by atoms with Crippen molar-refractivity contribution >= 4 is 5.91 Å². The van der Waals surface area contributed by atoms with Gasteiger partial charge in [0.15, 0.2) is 18.1 Å². The molecule has 1 fully saturated rings. The van der Waals surface area contributed by atoms with E-state index in [1.54, 1.807) is 0 Å². The number of amides is 1. The molecular formula is C21H24N2O4. The third kappa shape index (κ3) is 4.17. The van der Waals surface area contributed by atoms with Crippen LogP contribution in [0.4, 0.5) is 0 Å². The number of benzene rings is 2. The smallest absolute Gasteiger partial charge is 0.260 e. The summed E-state index contributed by atoms with van der Waals surface area (Å²) in [6.07, 6.45) is 2.17. The number of nitrogens with zero attached hydrogens (tertiary/aromatic N) is 1. The SMILES string of the molecule is O=C(COc1ccccc1CNCc1cccc2c1OCO2)N1CCCC1. The molecule has 2 aliphatic rings. The Morgan fingerprint density at radius 2 is 1.78 bits per heavy atom. The molecule has 27 heavy (non-hydrogen) atoms. The normalized spacial score (nSPS) is 15.2. The minimum atomic E-state index is 0.0623. The van der Waals surface area contributed by atoms with E-state index >= 15 is 0 Å². The summed E-state index contributed by atoms with van der Waals surface area (Å²) in [6, 6.07) is 13.7. The number of para-hydroxylation sites is 2. The average Bonchev–Trinajstić information content (AvgIpc) is 3.39. The highest BCUT2D eigenvalue weighted by molar-refractivity contribution is 5.78. The number of hydrogen-bond donors (Lipinski definition) is 1. The largest absolute Gasteiger partial charge is 0.483 e. The van der Waals surface area contributed by atoms with E-state index in [9.17, 15) is 4.79 Å². The lowest BCUT2D eigenvalue weighted by Crippen LogP contribution is -2.32. The molecule has 0 atom stereocenters. The van der Waals surface area contributed by atoms with E-state index < -0.39 is 0 Å². The van der Waals surface area contributed by atoms with Crippen molar-refractivity contribution < 1.29 is 19.0 Å². The van der Waals surface area contributed by atoms with Gasteiger partial charge in [0.1, 0.15) is 5.75 Å². The second-order valence-corrected chi connectivity index (χ2v) is 6.74. The Morgan fingerprint density at radius 3 is 2.67 bits per heavy atom. The Kier molecular flexibility index (Phi) is 5.44. The van der Waals surface area contributed by atoms with Gasteiger partial charge in [-0.1, -0.05) is 30.3 Å². The lowest BCUT2D eigenvalue weighted by atomic mass is 10.1. The van der Waals surface area contributed by atoms with E-state index in [-0.39, 0.29) is 19.3 Å². The van der Waals surface area contributed by atoms with Crippen LogP contribution < -0.4 is 19.5 Å². The topological polar surface area (TPSA) is 60.0 Å². The Morgan fingerprint density at radius 1 is 1.00 bits per heavy atom. The predicted octanol–water partition coefficient (Wildman–Crippen LogP) is 2.71. The van der Waals surface area contributed by atoms with Gasteiger partial charge < -0.3 is 24.4 Å². The number of nitrogens with one attached hydrogen (secondary N) is 1. The monoisotopic (exact) mass is 368 g/mol. The summed E-state index contributed by atoms with van der Waals surface area (Å²) in [6.45, 7) is 3.35. The first-order valence-electron chi connectivity index (χ1n) is 9.38. The molecule has 142 valence electrons. The molecule has 2 aromatic carbocycles. The van der Waals surface area contributed by atoms with Crippen molar-refractivity contribution in [2.45, 2.75) is 25.9 Å². The van der Waals surface area contributed by atoms with E-state index in [1.165, 1.54) is 0 Å². The van der Waals surface area contributed by atoms with Gasteiger partial charge in [0, 0.05) is 37.3 Å². The maximum Gasteiger partial charge on any atom is 0.260 e. The number of carbonyl (C=O) groups is 1. The molecule has 2 aliphatic heterocycles. The zero-order valence-electron chi connectivity index (χ0n) is 15.3. The minimum Gasteiger partial charge on any atom is -0.483 e. The first-order chi connectivity index (χ1) is 13.3. The fraction of sp³-hybridized carbons (Fsp3) is 0.381. The van der Waals surface area contributed by atoms with E-state index in [2.05, 4.69) is 5.32 Å². The quantitative estimate of drug-likeness (QED) is 0.814. The van der Waals surface area contributed by atoms with Crippen molar-refractivity contribution in [2.75, 3.05) is 26.5 Å². The number of fused-ring (bicyclic) bond motifs is 1.